The van der Waals surface area contributed by atoms with Crippen LogP contribution in [0.2, 0.25) is 0 Å². The molecule has 26 heavy (non-hydrogen) atoms. The summed E-state index contributed by atoms with van der Waals surface area (Å²) in [5.41, 5.74) is 3.42. The summed E-state index contributed by atoms with van der Waals surface area (Å²) < 4.78 is 24.5. The Bertz CT molecular complexity index is 808. The lowest BCUT2D eigenvalue weighted by Crippen LogP contribution is -2.33. The van der Waals surface area contributed by atoms with E-state index < -0.39 is 10.0 Å². The van der Waals surface area contributed by atoms with Crippen LogP contribution in [0.15, 0.2) is 40.1 Å². The van der Waals surface area contributed by atoms with Crippen LogP contribution < -0.4 is 5.32 Å². The first-order valence-electron chi connectivity index (χ1n) is 8.24. The van der Waals surface area contributed by atoms with Crippen molar-refractivity contribution < 1.29 is 13.2 Å². The van der Waals surface area contributed by atoms with E-state index in [1.54, 1.807) is 41.6 Å². The highest BCUT2D eigenvalue weighted by Crippen LogP contribution is 2.26. The second-order valence-electron chi connectivity index (χ2n) is 5.63. The van der Waals surface area contributed by atoms with Gasteiger partial charge in [-0.2, -0.15) is 0 Å². The molecule has 0 saturated heterocycles. The number of benzene rings is 1. The summed E-state index contributed by atoms with van der Waals surface area (Å²) in [7, 11) is -3.19. The summed E-state index contributed by atoms with van der Waals surface area (Å²) in [5.74, 6) is 0.571. The van der Waals surface area contributed by atoms with Gasteiger partial charge in [0.25, 0.3) is 5.91 Å². The van der Waals surface area contributed by atoms with Crippen molar-refractivity contribution in [2.45, 2.75) is 24.0 Å². The lowest BCUT2D eigenvalue weighted by atomic mass is 10.2. The van der Waals surface area contributed by atoms with Gasteiger partial charge >= 0.3 is 0 Å². The predicted molar refractivity (Wildman–Crippen MR) is 107 cm³/mol. The summed E-state index contributed by atoms with van der Waals surface area (Å²) in [6.45, 7) is 3.06. The minimum Gasteiger partial charge on any atom is -0.352 e. The van der Waals surface area contributed by atoms with Gasteiger partial charge < -0.3 is 5.32 Å². The Kier molecular flexibility index (Phi) is 8.08. The molecule has 6 nitrogen and oxygen atoms in total. The van der Waals surface area contributed by atoms with Gasteiger partial charge in [0.15, 0.2) is 0 Å². The van der Waals surface area contributed by atoms with Crippen LogP contribution in [0.5, 0.6) is 0 Å². The fourth-order valence-electron chi connectivity index (χ4n) is 2.35. The Morgan fingerprint density at radius 3 is 2.77 bits per heavy atom. The largest absolute Gasteiger partial charge is 0.352 e. The molecule has 0 unspecified atom stereocenters. The minimum atomic E-state index is -3.19. The van der Waals surface area contributed by atoms with E-state index in [1.165, 1.54) is 10.6 Å². The third-order valence-electron chi connectivity index (χ3n) is 3.68. The van der Waals surface area contributed by atoms with Gasteiger partial charge in [0.1, 0.15) is 0 Å². The molecule has 0 radical (unpaired) electrons. The maximum absolute atomic E-state index is 12.5. The Morgan fingerprint density at radius 1 is 1.35 bits per heavy atom. The number of carbonyl (C=O) groups is 1. The number of aromatic nitrogens is 1. The molecule has 2 aromatic rings. The molecule has 1 amide bonds. The Labute approximate surface area is 163 Å². The molecule has 0 spiro atoms. The third-order valence-corrected chi connectivity index (χ3v) is 6.80. The van der Waals surface area contributed by atoms with E-state index in [1.807, 2.05) is 23.6 Å². The smallest absolute Gasteiger partial charge is 0.252 e. The first-order chi connectivity index (χ1) is 12.4. The van der Waals surface area contributed by atoms with Crippen molar-refractivity contribution in [3.05, 3.63) is 46.4 Å². The van der Waals surface area contributed by atoms with E-state index in [9.17, 15) is 13.2 Å². The quantitative estimate of drug-likeness (QED) is 0.479. The van der Waals surface area contributed by atoms with Crippen molar-refractivity contribution in [3.8, 4) is 0 Å². The van der Waals surface area contributed by atoms with Crippen LogP contribution in [-0.4, -0.2) is 49.5 Å². The summed E-state index contributed by atoms with van der Waals surface area (Å²) in [6, 6.07) is 7.47. The zero-order valence-electron chi connectivity index (χ0n) is 14.8. The van der Waals surface area contributed by atoms with Crippen molar-refractivity contribution >= 4 is 39.0 Å². The normalized spacial score (nSPS) is 11.7. The van der Waals surface area contributed by atoms with Crippen LogP contribution in [0.3, 0.4) is 0 Å². The highest BCUT2D eigenvalue weighted by molar-refractivity contribution is 7.98. The second kappa shape index (κ2) is 10.1. The highest BCUT2D eigenvalue weighted by Gasteiger charge is 2.14. The van der Waals surface area contributed by atoms with Gasteiger partial charge in [-0.05, 0) is 18.6 Å². The Hall–Kier alpha value is -1.42. The molecule has 0 fully saturated rings. The van der Waals surface area contributed by atoms with Crippen LogP contribution in [0, 0.1) is 0 Å². The third kappa shape index (κ3) is 6.39. The second-order valence-corrected chi connectivity index (χ2v) is 9.35. The molecule has 0 aliphatic carbocycles. The number of hydrogen-bond acceptors (Lipinski definition) is 6. The van der Waals surface area contributed by atoms with E-state index in [4.69, 9.17) is 0 Å². The molecular weight excluding hydrogens is 390 g/mol. The summed E-state index contributed by atoms with van der Waals surface area (Å²) in [6.07, 6.45) is 1.77. The fourth-order valence-corrected chi connectivity index (χ4v) is 4.90. The number of hydrogen-bond donors (Lipinski definition) is 1. The lowest BCUT2D eigenvalue weighted by Gasteiger charge is -2.17. The maximum Gasteiger partial charge on any atom is 0.252 e. The molecule has 0 bridgehead atoms. The number of thioether (sulfide) groups is 1. The molecule has 1 N–H and O–H groups in total. The van der Waals surface area contributed by atoms with Crippen molar-refractivity contribution in [2.24, 2.45) is 0 Å². The number of rotatable bonds is 10. The number of nitrogens with one attached hydrogen (secondary N) is 1. The molecule has 2 rings (SSSR count). The average Bonchev–Trinajstić information content (AvgIpc) is 3.12. The number of amides is 1. The molecule has 1 aromatic heterocycles. The standard InChI is InChI=1S/C17H23N3O3S3/c1-3-20(26(2,22)23)10-6-9-18-17(21)15-7-4-5-8-16(15)25-12-14-11-24-13-19-14/h4-5,7-8,11,13H,3,6,9-10,12H2,1-2H3,(H,18,21). The predicted octanol–water partition coefficient (Wildman–Crippen LogP) is 2.84. The van der Waals surface area contributed by atoms with Gasteiger partial charge in [-0.1, -0.05) is 19.1 Å². The van der Waals surface area contributed by atoms with Gasteiger partial charge in [0.2, 0.25) is 10.0 Å². The molecule has 0 saturated carbocycles. The van der Waals surface area contributed by atoms with Crippen LogP contribution in [0.25, 0.3) is 0 Å². The van der Waals surface area contributed by atoms with Crippen LogP contribution >= 0.6 is 23.1 Å². The topological polar surface area (TPSA) is 79.4 Å². The van der Waals surface area contributed by atoms with E-state index in [-0.39, 0.29) is 5.91 Å². The number of thiazole rings is 1. The SMILES string of the molecule is CCN(CCCNC(=O)c1ccccc1SCc1cscn1)S(C)(=O)=O. The first-order valence-corrected chi connectivity index (χ1v) is 12.0. The van der Waals surface area contributed by atoms with E-state index in [2.05, 4.69) is 10.3 Å². The van der Waals surface area contributed by atoms with Crippen molar-refractivity contribution in [3.63, 3.8) is 0 Å². The monoisotopic (exact) mass is 413 g/mol. The summed E-state index contributed by atoms with van der Waals surface area (Å²) in [5, 5.41) is 4.87. The number of nitrogens with zero attached hydrogens (tertiary/aromatic N) is 2. The molecule has 1 heterocycles. The molecule has 142 valence electrons. The van der Waals surface area contributed by atoms with Crippen LogP contribution in [-0.2, 0) is 15.8 Å². The molecule has 9 heteroatoms. The molecule has 0 aliphatic rings. The van der Waals surface area contributed by atoms with Crippen LogP contribution in [0.4, 0.5) is 0 Å². The fraction of sp³-hybridized carbons (Fsp3) is 0.412. The molecule has 1 aromatic carbocycles. The van der Waals surface area contributed by atoms with E-state index in [0.29, 0.717) is 37.4 Å². The first kappa shape index (κ1) is 20.9. The number of carbonyl (C=O) groups excluding carboxylic acids is 1. The van der Waals surface area contributed by atoms with Gasteiger partial charge in [0, 0.05) is 35.7 Å². The summed E-state index contributed by atoms with van der Waals surface area (Å²) in [4.78, 5) is 17.6. The van der Waals surface area contributed by atoms with Crippen molar-refractivity contribution in [2.75, 3.05) is 25.9 Å². The van der Waals surface area contributed by atoms with Gasteiger partial charge in [-0.25, -0.2) is 17.7 Å². The lowest BCUT2D eigenvalue weighted by molar-refractivity contribution is 0.0950. The Morgan fingerprint density at radius 2 is 2.12 bits per heavy atom. The van der Waals surface area contributed by atoms with E-state index >= 15 is 0 Å². The van der Waals surface area contributed by atoms with Crippen LogP contribution in [0.1, 0.15) is 29.4 Å². The zero-order chi connectivity index (χ0) is 19.0. The zero-order valence-corrected chi connectivity index (χ0v) is 17.3. The number of sulfonamides is 1. The molecular formula is C17H23N3O3S3. The van der Waals surface area contributed by atoms with Crippen molar-refractivity contribution in [1.29, 1.82) is 0 Å². The van der Waals surface area contributed by atoms with Gasteiger partial charge in [-0.15, -0.1) is 23.1 Å². The molecule has 0 atom stereocenters. The van der Waals surface area contributed by atoms with E-state index in [0.717, 1.165) is 10.6 Å². The maximum atomic E-state index is 12.5. The van der Waals surface area contributed by atoms with Gasteiger partial charge in [0.05, 0.1) is 23.0 Å². The average molecular weight is 414 g/mol. The highest BCUT2D eigenvalue weighted by atomic mass is 32.2. The minimum absolute atomic E-state index is 0.145. The molecule has 0 aliphatic heterocycles. The summed E-state index contributed by atoms with van der Waals surface area (Å²) >= 11 is 3.13. The Balaban J connectivity index is 1.87. The van der Waals surface area contributed by atoms with Gasteiger partial charge in [-0.3, -0.25) is 4.79 Å². The van der Waals surface area contributed by atoms with Crippen molar-refractivity contribution in [1.82, 2.24) is 14.6 Å².